The normalized spacial score (nSPS) is 10.4. The number of methoxy groups -OCH3 is 2. The summed E-state index contributed by atoms with van der Waals surface area (Å²) in [6.07, 6.45) is 0.682. The van der Waals surface area contributed by atoms with Crippen LogP contribution >= 0.6 is 0 Å². The minimum atomic E-state index is -0.386. The SMILES string of the molecule is COC(=O)c1ccc(CN(CCc2ccc(Oc3ccc(OC)cc3)cc2)C(=O)c2ccccc2)cc1. The molecule has 4 aromatic rings. The van der Waals surface area contributed by atoms with Crippen molar-refractivity contribution >= 4 is 11.9 Å². The van der Waals surface area contributed by atoms with E-state index in [1.54, 1.807) is 19.2 Å². The Balaban J connectivity index is 1.43. The fourth-order valence-electron chi connectivity index (χ4n) is 3.87. The minimum Gasteiger partial charge on any atom is -0.497 e. The highest BCUT2D eigenvalue weighted by Crippen LogP contribution is 2.24. The smallest absolute Gasteiger partial charge is 0.337 e. The number of carbonyl (C=O) groups excluding carboxylic acids is 2. The van der Waals surface area contributed by atoms with Crippen molar-refractivity contribution in [3.63, 3.8) is 0 Å². The van der Waals surface area contributed by atoms with Gasteiger partial charge in [0.05, 0.1) is 19.8 Å². The van der Waals surface area contributed by atoms with Crippen LogP contribution in [0.5, 0.6) is 17.2 Å². The van der Waals surface area contributed by atoms with Gasteiger partial charge in [-0.25, -0.2) is 4.79 Å². The summed E-state index contributed by atoms with van der Waals surface area (Å²) in [5.74, 6) is 1.81. The maximum absolute atomic E-state index is 13.3. The first-order valence-corrected chi connectivity index (χ1v) is 12.0. The molecule has 188 valence electrons. The molecule has 0 bridgehead atoms. The van der Waals surface area contributed by atoms with Crippen LogP contribution in [0, 0.1) is 0 Å². The maximum Gasteiger partial charge on any atom is 0.337 e. The van der Waals surface area contributed by atoms with Gasteiger partial charge in [0.15, 0.2) is 0 Å². The standard InChI is InChI=1S/C31H29NO5/c1-35-27-16-18-29(19-17-27)37-28-14-10-23(11-15-28)20-21-32(30(33)25-6-4-3-5-7-25)22-24-8-12-26(13-9-24)31(34)36-2/h3-19H,20-22H2,1-2H3. The summed E-state index contributed by atoms with van der Waals surface area (Å²) < 4.78 is 15.9. The molecule has 4 rings (SSSR count). The van der Waals surface area contributed by atoms with E-state index in [1.807, 2.05) is 95.9 Å². The Morgan fingerprint density at radius 2 is 1.22 bits per heavy atom. The Morgan fingerprint density at radius 3 is 1.81 bits per heavy atom. The third-order valence-corrected chi connectivity index (χ3v) is 5.95. The van der Waals surface area contributed by atoms with E-state index >= 15 is 0 Å². The zero-order valence-electron chi connectivity index (χ0n) is 20.9. The molecule has 0 radical (unpaired) electrons. The third kappa shape index (κ3) is 6.98. The molecule has 37 heavy (non-hydrogen) atoms. The van der Waals surface area contributed by atoms with Gasteiger partial charge in [0.1, 0.15) is 17.2 Å². The Labute approximate surface area is 217 Å². The molecule has 0 fully saturated rings. The van der Waals surface area contributed by atoms with E-state index in [4.69, 9.17) is 14.2 Å². The van der Waals surface area contributed by atoms with Gasteiger partial charge >= 0.3 is 5.97 Å². The molecule has 0 aliphatic carbocycles. The number of esters is 1. The van der Waals surface area contributed by atoms with Crippen LogP contribution in [0.25, 0.3) is 0 Å². The Hall–Kier alpha value is -4.58. The van der Waals surface area contributed by atoms with Crippen molar-refractivity contribution in [2.24, 2.45) is 0 Å². The van der Waals surface area contributed by atoms with E-state index in [1.165, 1.54) is 7.11 Å². The molecular formula is C31H29NO5. The number of benzene rings is 4. The lowest BCUT2D eigenvalue weighted by Gasteiger charge is -2.23. The molecule has 6 heteroatoms. The molecule has 4 aromatic carbocycles. The molecule has 0 heterocycles. The van der Waals surface area contributed by atoms with Gasteiger partial charge < -0.3 is 19.1 Å². The third-order valence-electron chi connectivity index (χ3n) is 5.95. The average Bonchev–Trinajstić information content (AvgIpc) is 2.96. The lowest BCUT2D eigenvalue weighted by atomic mass is 10.1. The molecule has 0 aliphatic heterocycles. The molecule has 0 N–H and O–H groups in total. The second-order valence-electron chi connectivity index (χ2n) is 8.45. The summed E-state index contributed by atoms with van der Waals surface area (Å²) in [5, 5.41) is 0. The molecule has 0 aromatic heterocycles. The quantitative estimate of drug-likeness (QED) is 0.247. The van der Waals surface area contributed by atoms with Gasteiger partial charge in [0.25, 0.3) is 5.91 Å². The number of rotatable bonds is 10. The van der Waals surface area contributed by atoms with Crippen LogP contribution in [-0.2, 0) is 17.7 Å². The van der Waals surface area contributed by atoms with Crippen molar-refractivity contribution in [1.29, 1.82) is 0 Å². The summed E-state index contributed by atoms with van der Waals surface area (Å²) in [4.78, 5) is 26.9. The Bertz CT molecular complexity index is 1300. The van der Waals surface area contributed by atoms with Crippen LogP contribution < -0.4 is 9.47 Å². The first kappa shape index (κ1) is 25.5. The van der Waals surface area contributed by atoms with E-state index in [2.05, 4.69) is 0 Å². The van der Waals surface area contributed by atoms with E-state index < -0.39 is 0 Å². The monoisotopic (exact) mass is 495 g/mol. The number of ether oxygens (including phenoxy) is 3. The second kappa shape index (κ2) is 12.4. The summed E-state index contributed by atoms with van der Waals surface area (Å²) in [6, 6.07) is 31.7. The van der Waals surface area contributed by atoms with E-state index in [-0.39, 0.29) is 11.9 Å². The highest BCUT2D eigenvalue weighted by molar-refractivity contribution is 5.94. The van der Waals surface area contributed by atoms with Gasteiger partial charge in [-0.05, 0) is 78.2 Å². The molecule has 0 saturated heterocycles. The number of hydrogen-bond acceptors (Lipinski definition) is 5. The molecule has 6 nitrogen and oxygen atoms in total. The van der Waals surface area contributed by atoms with Gasteiger partial charge in [-0.15, -0.1) is 0 Å². The Morgan fingerprint density at radius 1 is 0.649 bits per heavy atom. The second-order valence-corrected chi connectivity index (χ2v) is 8.45. The number of carbonyl (C=O) groups is 2. The van der Waals surface area contributed by atoms with Crippen molar-refractivity contribution in [1.82, 2.24) is 4.90 Å². The number of hydrogen-bond donors (Lipinski definition) is 0. The van der Waals surface area contributed by atoms with Gasteiger partial charge in [0.2, 0.25) is 0 Å². The first-order chi connectivity index (χ1) is 18.1. The topological polar surface area (TPSA) is 65.1 Å². The van der Waals surface area contributed by atoms with E-state index in [0.29, 0.717) is 30.6 Å². The minimum absolute atomic E-state index is 0.0443. The molecule has 0 atom stereocenters. The van der Waals surface area contributed by atoms with Crippen molar-refractivity contribution in [3.05, 3.63) is 125 Å². The fourth-order valence-corrected chi connectivity index (χ4v) is 3.87. The first-order valence-electron chi connectivity index (χ1n) is 12.0. The lowest BCUT2D eigenvalue weighted by molar-refractivity contribution is 0.0600. The Kier molecular flexibility index (Phi) is 8.55. The predicted molar refractivity (Wildman–Crippen MR) is 142 cm³/mol. The highest BCUT2D eigenvalue weighted by atomic mass is 16.5. The highest BCUT2D eigenvalue weighted by Gasteiger charge is 2.17. The van der Waals surface area contributed by atoms with Gasteiger partial charge in [0, 0.05) is 18.7 Å². The number of nitrogens with zero attached hydrogens (tertiary/aromatic N) is 1. The number of amides is 1. The van der Waals surface area contributed by atoms with Gasteiger partial charge in [-0.2, -0.15) is 0 Å². The lowest BCUT2D eigenvalue weighted by Crippen LogP contribution is -2.32. The molecule has 0 unspecified atom stereocenters. The zero-order valence-corrected chi connectivity index (χ0v) is 20.9. The molecule has 1 amide bonds. The largest absolute Gasteiger partial charge is 0.497 e. The summed E-state index contributed by atoms with van der Waals surface area (Å²) in [5.41, 5.74) is 3.13. The van der Waals surface area contributed by atoms with Crippen molar-refractivity contribution in [2.45, 2.75) is 13.0 Å². The molecular weight excluding hydrogens is 466 g/mol. The van der Waals surface area contributed by atoms with Crippen molar-refractivity contribution in [3.8, 4) is 17.2 Å². The fraction of sp³-hybridized carbons (Fsp3) is 0.161. The summed E-state index contributed by atoms with van der Waals surface area (Å²) in [7, 11) is 2.98. The van der Waals surface area contributed by atoms with E-state index in [9.17, 15) is 9.59 Å². The molecule has 0 saturated carbocycles. The van der Waals surface area contributed by atoms with Gasteiger partial charge in [-0.3, -0.25) is 4.79 Å². The summed E-state index contributed by atoms with van der Waals surface area (Å²) in [6.45, 7) is 0.957. The van der Waals surface area contributed by atoms with Crippen LogP contribution in [-0.4, -0.2) is 37.5 Å². The van der Waals surface area contributed by atoms with Crippen LogP contribution in [0.15, 0.2) is 103 Å². The van der Waals surface area contributed by atoms with Crippen LogP contribution in [0.1, 0.15) is 31.8 Å². The van der Waals surface area contributed by atoms with Crippen LogP contribution in [0.3, 0.4) is 0 Å². The molecule has 0 spiro atoms. The van der Waals surface area contributed by atoms with Crippen molar-refractivity contribution < 1.29 is 23.8 Å². The maximum atomic E-state index is 13.3. The molecule has 0 aliphatic rings. The average molecular weight is 496 g/mol. The van der Waals surface area contributed by atoms with Crippen LogP contribution in [0.2, 0.25) is 0 Å². The van der Waals surface area contributed by atoms with Crippen LogP contribution in [0.4, 0.5) is 0 Å². The van der Waals surface area contributed by atoms with E-state index in [0.717, 1.165) is 28.4 Å². The predicted octanol–water partition coefficient (Wildman–Crippen LogP) is 6.16. The zero-order chi connectivity index (χ0) is 26.0. The van der Waals surface area contributed by atoms with Gasteiger partial charge in [-0.1, -0.05) is 42.5 Å². The van der Waals surface area contributed by atoms with Crippen molar-refractivity contribution in [2.75, 3.05) is 20.8 Å². The summed E-state index contributed by atoms with van der Waals surface area (Å²) >= 11 is 0.